The number of aliphatic hydroxyl groups excluding tert-OH is 1. The first-order valence-corrected chi connectivity index (χ1v) is 4.42. The lowest BCUT2D eigenvalue weighted by atomic mass is 9.99. The van der Waals surface area contributed by atoms with Gasteiger partial charge in [-0.3, -0.25) is 0 Å². The van der Waals surface area contributed by atoms with E-state index in [4.69, 9.17) is 10.8 Å². The second-order valence-electron chi connectivity index (χ2n) is 3.46. The lowest BCUT2D eigenvalue weighted by Gasteiger charge is -2.22. The maximum atomic E-state index is 13.1. The van der Waals surface area contributed by atoms with Crippen molar-refractivity contribution in [3.05, 3.63) is 29.3 Å². The third-order valence-corrected chi connectivity index (χ3v) is 2.18. The number of alkyl halides is 2. The molecule has 0 aliphatic carbocycles. The van der Waals surface area contributed by atoms with Crippen LogP contribution in [0.2, 0.25) is 0 Å². The summed E-state index contributed by atoms with van der Waals surface area (Å²) in [5.41, 5.74) is 5.94. The third-order valence-electron chi connectivity index (χ3n) is 2.18. The molecule has 0 fully saturated rings. The molecule has 92 valence electrons. The number of aromatic hydroxyl groups is 1. The van der Waals surface area contributed by atoms with Gasteiger partial charge in [-0.15, -0.1) is 12.4 Å². The zero-order valence-corrected chi connectivity index (χ0v) is 9.47. The molecule has 0 radical (unpaired) electrons. The van der Waals surface area contributed by atoms with Crippen molar-refractivity contribution in [2.45, 2.75) is 18.9 Å². The molecule has 0 bridgehead atoms. The van der Waals surface area contributed by atoms with Crippen LogP contribution in [0.4, 0.5) is 8.78 Å². The van der Waals surface area contributed by atoms with Crippen LogP contribution < -0.4 is 5.73 Å². The Morgan fingerprint density at radius 2 is 2.00 bits per heavy atom. The molecule has 0 unspecified atom stereocenters. The molecule has 0 amide bonds. The van der Waals surface area contributed by atoms with E-state index in [-0.39, 0.29) is 23.7 Å². The molecule has 1 atom stereocenters. The molecule has 1 aromatic carbocycles. The van der Waals surface area contributed by atoms with Crippen LogP contribution in [0, 0.1) is 6.92 Å². The molecule has 1 aromatic rings. The number of halogens is 3. The Kier molecular flexibility index (Phi) is 5.12. The molecule has 0 aliphatic rings. The van der Waals surface area contributed by atoms with Crippen molar-refractivity contribution >= 4 is 12.4 Å². The Labute approximate surface area is 98.3 Å². The second-order valence-corrected chi connectivity index (χ2v) is 3.46. The largest absolute Gasteiger partial charge is 0.508 e. The molecule has 0 saturated carbocycles. The normalized spacial score (nSPS) is 13.1. The van der Waals surface area contributed by atoms with Crippen LogP contribution in [0.15, 0.2) is 18.2 Å². The number of hydrogen-bond donors (Lipinski definition) is 3. The fourth-order valence-electron chi connectivity index (χ4n) is 1.25. The minimum absolute atomic E-state index is 0. The third kappa shape index (κ3) is 3.04. The fraction of sp³-hybridized carbons (Fsp3) is 0.400. The van der Waals surface area contributed by atoms with Gasteiger partial charge >= 0.3 is 0 Å². The molecule has 0 aromatic heterocycles. The summed E-state index contributed by atoms with van der Waals surface area (Å²) in [7, 11) is 0. The van der Waals surface area contributed by atoms with Crippen molar-refractivity contribution in [3.63, 3.8) is 0 Å². The first-order chi connectivity index (χ1) is 6.88. The molecular formula is C10H14ClF2NO2. The van der Waals surface area contributed by atoms with Gasteiger partial charge in [0.25, 0.3) is 5.92 Å². The Bertz CT molecular complexity index is 361. The van der Waals surface area contributed by atoms with Gasteiger partial charge in [-0.1, -0.05) is 17.7 Å². The number of nitrogens with two attached hydrogens (primary N) is 1. The Morgan fingerprint density at radius 1 is 1.44 bits per heavy atom. The molecule has 0 spiro atoms. The highest BCUT2D eigenvalue weighted by molar-refractivity contribution is 5.85. The van der Waals surface area contributed by atoms with Crippen molar-refractivity contribution < 1.29 is 19.0 Å². The van der Waals surface area contributed by atoms with Crippen molar-refractivity contribution in [2.24, 2.45) is 5.73 Å². The maximum absolute atomic E-state index is 13.1. The summed E-state index contributed by atoms with van der Waals surface area (Å²) < 4.78 is 26.1. The molecule has 6 heteroatoms. The van der Waals surface area contributed by atoms with E-state index in [0.29, 0.717) is 5.56 Å². The Balaban J connectivity index is 0.00000225. The average molecular weight is 254 g/mol. The smallest absolute Gasteiger partial charge is 0.289 e. The average Bonchev–Trinajstić information content (AvgIpc) is 2.20. The van der Waals surface area contributed by atoms with E-state index in [2.05, 4.69) is 0 Å². The van der Waals surface area contributed by atoms with Crippen molar-refractivity contribution in [3.8, 4) is 5.75 Å². The summed E-state index contributed by atoms with van der Waals surface area (Å²) in [6.45, 7) is 0.355. The minimum Gasteiger partial charge on any atom is -0.508 e. The van der Waals surface area contributed by atoms with E-state index in [1.54, 1.807) is 13.0 Å². The van der Waals surface area contributed by atoms with Gasteiger partial charge in [0.15, 0.2) is 0 Å². The quantitative estimate of drug-likeness (QED) is 0.769. The molecule has 1 rings (SSSR count). The monoisotopic (exact) mass is 253 g/mol. The van der Waals surface area contributed by atoms with Crippen LogP contribution in [0.25, 0.3) is 0 Å². The van der Waals surface area contributed by atoms with Crippen LogP contribution in [-0.4, -0.2) is 22.7 Å². The molecule has 0 aliphatic heterocycles. The van der Waals surface area contributed by atoms with Gasteiger partial charge in [-0.05, 0) is 13.0 Å². The first-order valence-electron chi connectivity index (χ1n) is 4.42. The Hall–Kier alpha value is -0.910. The highest BCUT2D eigenvalue weighted by atomic mass is 35.5. The van der Waals surface area contributed by atoms with Gasteiger partial charge in [-0.2, -0.15) is 0 Å². The summed E-state index contributed by atoms with van der Waals surface area (Å²) in [6, 6.07) is 2.56. The highest BCUT2D eigenvalue weighted by Gasteiger charge is 2.38. The number of aryl methyl sites for hydroxylation is 1. The molecule has 3 nitrogen and oxygen atoms in total. The zero-order valence-electron chi connectivity index (χ0n) is 8.65. The van der Waals surface area contributed by atoms with Gasteiger partial charge in [0, 0.05) is 5.56 Å². The lowest BCUT2D eigenvalue weighted by Crippen LogP contribution is -2.36. The van der Waals surface area contributed by atoms with Crippen LogP contribution in [0.5, 0.6) is 5.75 Å². The highest BCUT2D eigenvalue weighted by Crippen LogP contribution is 2.33. The van der Waals surface area contributed by atoms with E-state index in [1.165, 1.54) is 12.1 Å². The lowest BCUT2D eigenvalue weighted by molar-refractivity contribution is -0.0715. The predicted octanol–water partition coefficient (Wildman–Crippen LogP) is 1.75. The van der Waals surface area contributed by atoms with Crippen LogP contribution in [-0.2, 0) is 0 Å². The Morgan fingerprint density at radius 3 is 2.50 bits per heavy atom. The predicted molar refractivity (Wildman–Crippen MR) is 59.1 cm³/mol. The standard InChI is InChI=1S/C10H13F2NO2.ClH/c1-6-2-3-8(15)7(4-6)9(13)10(11,12)5-14;/h2-4,9,14-15H,5,13H2,1H3;1H/t9-;/m1./s1. The number of benzene rings is 1. The first kappa shape index (κ1) is 15.1. The van der Waals surface area contributed by atoms with E-state index in [0.717, 1.165) is 0 Å². The van der Waals surface area contributed by atoms with Gasteiger partial charge in [0.2, 0.25) is 0 Å². The molecule has 0 heterocycles. The van der Waals surface area contributed by atoms with Crippen LogP contribution in [0.3, 0.4) is 0 Å². The van der Waals surface area contributed by atoms with Gasteiger partial charge in [0.05, 0.1) is 0 Å². The number of aliphatic hydroxyl groups is 1. The minimum atomic E-state index is -3.44. The number of phenolic OH excluding ortho intramolecular Hbond substituents is 1. The summed E-state index contributed by atoms with van der Waals surface area (Å²) >= 11 is 0. The van der Waals surface area contributed by atoms with E-state index in [1.807, 2.05) is 0 Å². The van der Waals surface area contributed by atoms with Gasteiger partial charge in [0.1, 0.15) is 18.4 Å². The van der Waals surface area contributed by atoms with Crippen LogP contribution >= 0.6 is 12.4 Å². The zero-order chi connectivity index (χ0) is 11.6. The number of phenols is 1. The van der Waals surface area contributed by atoms with Gasteiger partial charge < -0.3 is 15.9 Å². The number of rotatable bonds is 3. The topological polar surface area (TPSA) is 66.5 Å². The van der Waals surface area contributed by atoms with E-state index >= 15 is 0 Å². The molecule has 4 N–H and O–H groups in total. The van der Waals surface area contributed by atoms with E-state index in [9.17, 15) is 13.9 Å². The van der Waals surface area contributed by atoms with Crippen LogP contribution in [0.1, 0.15) is 17.2 Å². The molecule has 16 heavy (non-hydrogen) atoms. The summed E-state index contributed by atoms with van der Waals surface area (Å²) in [5, 5.41) is 17.8. The second kappa shape index (κ2) is 5.43. The number of hydrogen-bond acceptors (Lipinski definition) is 3. The summed E-state index contributed by atoms with van der Waals surface area (Å²) in [6.07, 6.45) is 0. The summed E-state index contributed by atoms with van der Waals surface area (Å²) in [4.78, 5) is 0. The van der Waals surface area contributed by atoms with Crippen molar-refractivity contribution in [2.75, 3.05) is 6.61 Å². The van der Waals surface area contributed by atoms with Crippen molar-refractivity contribution in [1.82, 2.24) is 0 Å². The van der Waals surface area contributed by atoms with Gasteiger partial charge in [-0.25, -0.2) is 8.78 Å². The molecular weight excluding hydrogens is 240 g/mol. The maximum Gasteiger partial charge on any atom is 0.289 e. The summed E-state index contributed by atoms with van der Waals surface area (Å²) in [5.74, 6) is -3.73. The fourth-order valence-corrected chi connectivity index (χ4v) is 1.25. The molecule has 0 saturated heterocycles. The van der Waals surface area contributed by atoms with Crippen molar-refractivity contribution in [1.29, 1.82) is 0 Å². The van der Waals surface area contributed by atoms with E-state index < -0.39 is 18.6 Å². The SMILES string of the molecule is Cc1ccc(O)c([C@@H](N)C(F)(F)CO)c1.Cl.